The number of hydrogen-bond donors (Lipinski definition) is 0. The molecule has 3 heteroatoms. The molecule has 20 heavy (non-hydrogen) atoms. The predicted octanol–water partition coefficient (Wildman–Crippen LogP) is 4.64. The molecule has 4 unspecified atom stereocenters. The van der Waals surface area contributed by atoms with E-state index in [-0.39, 0.29) is 22.8 Å². The van der Waals surface area contributed by atoms with E-state index in [1.807, 2.05) is 7.05 Å². The molecule has 0 aromatic rings. The molecule has 1 rings (SSSR count). The van der Waals surface area contributed by atoms with Crippen molar-refractivity contribution < 1.29 is 9.38 Å². The summed E-state index contributed by atoms with van der Waals surface area (Å²) in [6.45, 7) is 7.27. The fourth-order valence-corrected chi connectivity index (χ4v) is 3.41. The summed E-state index contributed by atoms with van der Waals surface area (Å²) in [6.07, 6.45) is 10.2. The largest absolute Gasteiger partial charge is 0.632 e. The third-order valence-corrected chi connectivity index (χ3v) is 4.90. The van der Waals surface area contributed by atoms with Crippen molar-refractivity contribution in [1.82, 2.24) is 0 Å². The highest BCUT2D eigenvalue weighted by Gasteiger charge is 2.42. The van der Waals surface area contributed by atoms with E-state index in [0.717, 1.165) is 44.9 Å². The molecule has 0 saturated carbocycles. The zero-order chi connectivity index (χ0) is 15.0. The summed E-state index contributed by atoms with van der Waals surface area (Å²) in [6, 6.07) is 0.298. The van der Waals surface area contributed by atoms with Gasteiger partial charge in [-0.1, -0.05) is 46.5 Å². The van der Waals surface area contributed by atoms with E-state index in [4.69, 9.17) is 4.74 Å². The first-order valence-electron chi connectivity index (χ1n) is 8.76. The van der Waals surface area contributed by atoms with Gasteiger partial charge < -0.3 is 14.6 Å². The zero-order valence-corrected chi connectivity index (χ0v) is 14.1. The lowest BCUT2D eigenvalue weighted by molar-refractivity contribution is -0.925. The smallest absolute Gasteiger partial charge is 0.115 e. The molecule has 120 valence electrons. The molecule has 4 atom stereocenters. The summed E-state index contributed by atoms with van der Waals surface area (Å²) < 4.78 is 6.06. The minimum atomic E-state index is -0.0611. The van der Waals surface area contributed by atoms with Crippen molar-refractivity contribution in [2.24, 2.45) is 0 Å². The second-order valence-electron chi connectivity index (χ2n) is 6.58. The maximum Gasteiger partial charge on any atom is 0.115 e. The lowest BCUT2D eigenvalue weighted by Gasteiger charge is -2.56. The molecule has 0 aromatic heterocycles. The molecule has 0 spiro atoms. The van der Waals surface area contributed by atoms with Gasteiger partial charge in [0.05, 0.1) is 13.7 Å². The van der Waals surface area contributed by atoms with Crippen LogP contribution in [-0.2, 0) is 4.74 Å². The Hall–Kier alpha value is -0.120. The van der Waals surface area contributed by atoms with E-state index in [0.29, 0.717) is 6.61 Å². The minimum absolute atomic E-state index is 0.0611. The highest BCUT2D eigenvalue weighted by atomic mass is 16.6. The first kappa shape index (κ1) is 17.9. The minimum Gasteiger partial charge on any atom is -0.632 e. The van der Waals surface area contributed by atoms with E-state index in [2.05, 4.69) is 20.8 Å². The number of hydrogen-bond acceptors (Lipinski definition) is 2. The van der Waals surface area contributed by atoms with E-state index in [9.17, 15) is 5.21 Å². The number of hydroxylamine groups is 3. The molecule has 1 aliphatic rings. The van der Waals surface area contributed by atoms with E-state index in [1.165, 1.54) is 12.8 Å². The molecule has 0 bridgehead atoms. The Morgan fingerprint density at radius 2 is 1.50 bits per heavy atom. The SMILES string of the molecule is CCCCC1OCC(CCCC)[N+](C)([O-])C1CCCC. The van der Waals surface area contributed by atoms with Gasteiger partial charge >= 0.3 is 0 Å². The van der Waals surface area contributed by atoms with Crippen molar-refractivity contribution >= 4 is 0 Å². The van der Waals surface area contributed by atoms with Gasteiger partial charge in [0.15, 0.2) is 0 Å². The van der Waals surface area contributed by atoms with Gasteiger partial charge in [0.2, 0.25) is 0 Å². The first-order chi connectivity index (χ1) is 9.57. The van der Waals surface area contributed by atoms with Crippen LogP contribution in [-0.4, -0.2) is 36.5 Å². The molecule has 0 N–H and O–H groups in total. The van der Waals surface area contributed by atoms with E-state index in [1.54, 1.807) is 0 Å². The second-order valence-corrected chi connectivity index (χ2v) is 6.58. The van der Waals surface area contributed by atoms with Gasteiger partial charge in [0.25, 0.3) is 0 Å². The molecule has 1 heterocycles. The van der Waals surface area contributed by atoms with Crippen LogP contribution in [0.3, 0.4) is 0 Å². The topological polar surface area (TPSA) is 32.3 Å². The summed E-state index contributed by atoms with van der Waals surface area (Å²) in [7, 11) is 1.90. The van der Waals surface area contributed by atoms with Crippen LogP contribution in [0.15, 0.2) is 0 Å². The molecule has 1 saturated heterocycles. The van der Waals surface area contributed by atoms with Crippen LogP contribution in [0.4, 0.5) is 0 Å². The fraction of sp³-hybridized carbons (Fsp3) is 1.00. The standard InChI is InChI=1S/C17H35NO2/c1-5-8-11-15-14-20-17(13-10-7-3)16(12-9-6-2)18(15,4)19/h15-17H,5-14H2,1-4H3. The number of rotatable bonds is 9. The Labute approximate surface area is 125 Å². The van der Waals surface area contributed by atoms with Crippen LogP contribution in [0, 0.1) is 5.21 Å². The molecular weight excluding hydrogens is 250 g/mol. The molecule has 0 aliphatic carbocycles. The molecule has 1 fully saturated rings. The second kappa shape index (κ2) is 9.01. The Kier molecular flexibility index (Phi) is 8.08. The van der Waals surface area contributed by atoms with Crippen molar-refractivity contribution in [3.05, 3.63) is 5.21 Å². The van der Waals surface area contributed by atoms with E-state index >= 15 is 0 Å². The molecular formula is C17H35NO2. The fourth-order valence-electron chi connectivity index (χ4n) is 3.41. The summed E-state index contributed by atoms with van der Waals surface area (Å²) >= 11 is 0. The van der Waals surface area contributed by atoms with Crippen LogP contribution >= 0.6 is 0 Å². The van der Waals surface area contributed by atoms with Crippen molar-refractivity contribution in [2.75, 3.05) is 13.7 Å². The third-order valence-electron chi connectivity index (χ3n) is 4.90. The third kappa shape index (κ3) is 4.71. The van der Waals surface area contributed by atoms with Gasteiger partial charge in [-0.3, -0.25) is 0 Å². The highest BCUT2D eigenvalue weighted by Crippen LogP contribution is 2.33. The average molecular weight is 285 g/mol. The average Bonchev–Trinajstić information content (AvgIpc) is 2.42. The van der Waals surface area contributed by atoms with Gasteiger partial charge in [-0.15, -0.1) is 0 Å². The maximum atomic E-state index is 13.2. The number of morpholine rings is 1. The summed E-state index contributed by atoms with van der Waals surface area (Å²) in [4.78, 5) is 0. The molecule has 0 aromatic carbocycles. The van der Waals surface area contributed by atoms with Crippen LogP contribution in [0.25, 0.3) is 0 Å². The van der Waals surface area contributed by atoms with Crippen LogP contribution in [0.1, 0.15) is 78.6 Å². The lowest BCUT2D eigenvalue weighted by atomic mass is 9.93. The Morgan fingerprint density at radius 3 is 2.10 bits per heavy atom. The maximum absolute atomic E-state index is 13.2. The number of likely N-dealkylation sites (N-methyl/N-ethyl adjacent to an activating group) is 1. The Bertz CT molecular complexity index is 255. The van der Waals surface area contributed by atoms with Crippen LogP contribution in [0.2, 0.25) is 0 Å². The highest BCUT2D eigenvalue weighted by molar-refractivity contribution is 4.80. The lowest BCUT2D eigenvalue weighted by Crippen LogP contribution is -2.64. The van der Waals surface area contributed by atoms with Gasteiger partial charge in [-0.05, 0) is 19.3 Å². The first-order valence-corrected chi connectivity index (χ1v) is 8.76. The van der Waals surface area contributed by atoms with Crippen molar-refractivity contribution in [2.45, 2.75) is 96.7 Å². The van der Waals surface area contributed by atoms with Gasteiger partial charge in [-0.25, -0.2) is 0 Å². The normalized spacial score (nSPS) is 34.4. The van der Waals surface area contributed by atoms with Crippen LogP contribution in [0.5, 0.6) is 0 Å². The number of unbranched alkanes of at least 4 members (excludes halogenated alkanes) is 3. The molecule has 1 aliphatic heterocycles. The van der Waals surface area contributed by atoms with Gasteiger partial charge in [0.1, 0.15) is 18.2 Å². The summed E-state index contributed by atoms with van der Waals surface area (Å²) in [5.74, 6) is 0. The number of quaternary nitrogens is 1. The van der Waals surface area contributed by atoms with Crippen molar-refractivity contribution in [1.29, 1.82) is 0 Å². The van der Waals surface area contributed by atoms with Gasteiger partial charge in [0, 0.05) is 12.8 Å². The van der Waals surface area contributed by atoms with Crippen molar-refractivity contribution in [3.8, 4) is 0 Å². The van der Waals surface area contributed by atoms with E-state index < -0.39 is 0 Å². The van der Waals surface area contributed by atoms with Crippen LogP contribution < -0.4 is 0 Å². The number of nitrogens with zero attached hydrogens (tertiary/aromatic N) is 1. The zero-order valence-electron chi connectivity index (χ0n) is 14.1. The molecule has 0 radical (unpaired) electrons. The molecule has 0 amide bonds. The predicted molar refractivity (Wildman–Crippen MR) is 85.4 cm³/mol. The Morgan fingerprint density at radius 1 is 0.950 bits per heavy atom. The Balaban J connectivity index is 2.72. The summed E-state index contributed by atoms with van der Waals surface area (Å²) in [5, 5.41) is 13.2. The quantitative estimate of drug-likeness (QED) is 0.457. The van der Waals surface area contributed by atoms with Crippen molar-refractivity contribution in [3.63, 3.8) is 0 Å². The summed E-state index contributed by atoms with van der Waals surface area (Å²) in [5.41, 5.74) is 0. The monoisotopic (exact) mass is 285 g/mol. The molecule has 3 nitrogen and oxygen atoms in total. The number of ether oxygens (including phenoxy) is 1. The van der Waals surface area contributed by atoms with Gasteiger partial charge in [-0.2, -0.15) is 0 Å².